The maximum absolute atomic E-state index is 11.6. The van der Waals surface area contributed by atoms with Gasteiger partial charge in [-0.1, -0.05) is 15.9 Å². The largest absolute Gasteiger partial charge is 0.462 e. The van der Waals surface area contributed by atoms with Crippen molar-refractivity contribution in [1.29, 1.82) is 0 Å². The Morgan fingerprint density at radius 3 is 2.47 bits per heavy atom. The lowest BCUT2D eigenvalue weighted by atomic mass is 10.2. The van der Waals surface area contributed by atoms with Crippen LogP contribution in [0.25, 0.3) is 0 Å². The molecule has 0 radical (unpaired) electrons. The van der Waals surface area contributed by atoms with Gasteiger partial charge < -0.3 is 10.1 Å². The molecule has 0 aliphatic rings. The van der Waals surface area contributed by atoms with Crippen LogP contribution in [0.5, 0.6) is 0 Å². The standard InChI is InChI=1S/C14H18BrNO3/c1-2-19-14(18)11-6-8-12(9-7-11)16-13(17)5-3-4-10-15/h6-9H,2-5,10H2,1H3,(H,16,17). The fraction of sp³-hybridized carbons (Fsp3) is 0.429. The Hall–Kier alpha value is -1.36. The summed E-state index contributed by atoms with van der Waals surface area (Å²) in [7, 11) is 0. The number of rotatable bonds is 7. The molecule has 0 saturated carbocycles. The fourth-order valence-electron chi connectivity index (χ4n) is 1.51. The van der Waals surface area contributed by atoms with Crippen LogP contribution in [0.4, 0.5) is 5.69 Å². The Morgan fingerprint density at radius 1 is 1.21 bits per heavy atom. The summed E-state index contributed by atoms with van der Waals surface area (Å²) in [5.41, 5.74) is 1.18. The molecule has 104 valence electrons. The van der Waals surface area contributed by atoms with E-state index in [1.165, 1.54) is 0 Å². The third-order valence-electron chi connectivity index (χ3n) is 2.47. The molecule has 0 spiro atoms. The third kappa shape index (κ3) is 5.87. The molecule has 5 heteroatoms. The van der Waals surface area contributed by atoms with Crippen molar-refractivity contribution in [2.45, 2.75) is 26.2 Å². The van der Waals surface area contributed by atoms with Gasteiger partial charge in [-0.3, -0.25) is 4.79 Å². The molecule has 19 heavy (non-hydrogen) atoms. The summed E-state index contributed by atoms with van der Waals surface area (Å²) in [6.07, 6.45) is 2.35. The predicted molar refractivity (Wildman–Crippen MR) is 78.7 cm³/mol. The van der Waals surface area contributed by atoms with Crippen LogP contribution in [0.1, 0.15) is 36.5 Å². The Balaban J connectivity index is 2.47. The molecule has 1 aromatic carbocycles. The lowest BCUT2D eigenvalue weighted by molar-refractivity contribution is -0.116. The van der Waals surface area contributed by atoms with Crippen LogP contribution in [0, 0.1) is 0 Å². The summed E-state index contributed by atoms with van der Waals surface area (Å²) in [4.78, 5) is 23.0. The highest BCUT2D eigenvalue weighted by Gasteiger charge is 2.06. The monoisotopic (exact) mass is 327 g/mol. The maximum atomic E-state index is 11.6. The van der Waals surface area contributed by atoms with Crippen LogP contribution >= 0.6 is 15.9 Å². The van der Waals surface area contributed by atoms with E-state index in [4.69, 9.17) is 4.74 Å². The zero-order valence-electron chi connectivity index (χ0n) is 10.9. The van der Waals surface area contributed by atoms with Gasteiger partial charge >= 0.3 is 5.97 Å². The van der Waals surface area contributed by atoms with Crippen LogP contribution < -0.4 is 5.32 Å². The van der Waals surface area contributed by atoms with Gasteiger partial charge in [0.15, 0.2) is 0 Å². The number of nitrogens with one attached hydrogen (secondary N) is 1. The minimum Gasteiger partial charge on any atom is -0.462 e. The SMILES string of the molecule is CCOC(=O)c1ccc(NC(=O)CCCCBr)cc1. The Kier molecular flexibility index (Phi) is 7.18. The van der Waals surface area contributed by atoms with Gasteiger partial charge in [0, 0.05) is 17.4 Å². The molecule has 4 nitrogen and oxygen atoms in total. The van der Waals surface area contributed by atoms with E-state index in [2.05, 4.69) is 21.2 Å². The van der Waals surface area contributed by atoms with Crippen molar-refractivity contribution in [3.05, 3.63) is 29.8 Å². The Bertz CT molecular complexity index is 417. The summed E-state index contributed by atoms with van der Waals surface area (Å²) < 4.78 is 4.88. The van der Waals surface area contributed by atoms with Crippen molar-refractivity contribution in [3.8, 4) is 0 Å². The van der Waals surface area contributed by atoms with E-state index in [1.54, 1.807) is 31.2 Å². The van der Waals surface area contributed by atoms with Crippen LogP contribution in [0.2, 0.25) is 0 Å². The summed E-state index contributed by atoms with van der Waals surface area (Å²) >= 11 is 3.33. The van der Waals surface area contributed by atoms with Gasteiger partial charge in [0.05, 0.1) is 12.2 Å². The van der Waals surface area contributed by atoms with Crippen molar-refractivity contribution < 1.29 is 14.3 Å². The number of ether oxygens (including phenoxy) is 1. The Morgan fingerprint density at radius 2 is 1.89 bits per heavy atom. The first-order valence-corrected chi connectivity index (χ1v) is 7.42. The van der Waals surface area contributed by atoms with Crippen molar-refractivity contribution >= 4 is 33.5 Å². The van der Waals surface area contributed by atoms with Gasteiger partial charge in [0.2, 0.25) is 5.91 Å². The van der Waals surface area contributed by atoms with E-state index < -0.39 is 0 Å². The summed E-state index contributed by atoms with van der Waals surface area (Å²) in [6, 6.07) is 6.70. The van der Waals surface area contributed by atoms with E-state index in [1.807, 2.05) is 0 Å². The van der Waals surface area contributed by atoms with Crippen LogP contribution in [-0.2, 0) is 9.53 Å². The number of esters is 1. The number of unbranched alkanes of at least 4 members (excludes halogenated alkanes) is 1. The minimum absolute atomic E-state index is 0.00941. The van der Waals surface area contributed by atoms with Gasteiger partial charge in [0.1, 0.15) is 0 Å². The van der Waals surface area contributed by atoms with Crippen LogP contribution in [0.15, 0.2) is 24.3 Å². The number of carbonyl (C=O) groups excluding carboxylic acids is 2. The molecule has 0 aliphatic carbocycles. The lowest BCUT2D eigenvalue weighted by Crippen LogP contribution is -2.11. The number of alkyl halides is 1. The highest BCUT2D eigenvalue weighted by Crippen LogP contribution is 2.11. The molecule has 1 N–H and O–H groups in total. The second-order valence-corrected chi connectivity index (χ2v) is 4.79. The van der Waals surface area contributed by atoms with E-state index in [0.717, 1.165) is 18.2 Å². The van der Waals surface area contributed by atoms with E-state index >= 15 is 0 Å². The van der Waals surface area contributed by atoms with Gasteiger partial charge in [0.25, 0.3) is 0 Å². The van der Waals surface area contributed by atoms with Crippen molar-refractivity contribution in [2.75, 3.05) is 17.3 Å². The number of anilines is 1. The topological polar surface area (TPSA) is 55.4 Å². The molecule has 0 unspecified atom stereocenters. The highest BCUT2D eigenvalue weighted by atomic mass is 79.9. The first-order chi connectivity index (χ1) is 9.17. The number of amides is 1. The fourth-order valence-corrected chi connectivity index (χ4v) is 1.90. The smallest absolute Gasteiger partial charge is 0.338 e. The van der Waals surface area contributed by atoms with Crippen molar-refractivity contribution in [2.24, 2.45) is 0 Å². The Labute approximate surface area is 121 Å². The average molecular weight is 328 g/mol. The number of hydrogen-bond acceptors (Lipinski definition) is 3. The lowest BCUT2D eigenvalue weighted by Gasteiger charge is -2.06. The summed E-state index contributed by atoms with van der Waals surface area (Å²) in [5.74, 6) is -0.359. The molecule has 0 saturated heterocycles. The van der Waals surface area contributed by atoms with Crippen LogP contribution in [-0.4, -0.2) is 23.8 Å². The molecule has 0 fully saturated rings. The van der Waals surface area contributed by atoms with Gasteiger partial charge in [-0.2, -0.15) is 0 Å². The summed E-state index contributed by atoms with van der Waals surface area (Å²) in [6.45, 7) is 2.12. The number of halogens is 1. The molecule has 1 rings (SSSR count). The zero-order valence-corrected chi connectivity index (χ0v) is 12.5. The summed E-state index contributed by atoms with van der Waals surface area (Å²) in [5, 5.41) is 3.70. The molecule has 0 aromatic heterocycles. The first-order valence-electron chi connectivity index (χ1n) is 6.30. The van der Waals surface area contributed by atoms with Gasteiger partial charge in [-0.05, 0) is 44.0 Å². The third-order valence-corrected chi connectivity index (χ3v) is 3.03. The molecule has 0 atom stereocenters. The first kappa shape index (κ1) is 15.7. The number of carbonyl (C=O) groups is 2. The van der Waals surface area contributed by atoms with Crippen molar-refractivity contribution in [1.82, 2.24) is 0 Å². The maximum Gasteiger partial charge on any atom is 0.338 e. The number of hydrogen-bond donors (Lipinski definition) is 1. The van der Waals surface area contributed by atoms with Gasteiger partial charge in [-0.15, -0.1) is 0 Å². The van der Waals surface area contributed by atoms with E-state index in [-0.39, 0.29) is 11.9 Å². The van der Waals surface area contributed by atoms with E-state index in [9.17, 15) is 9.59 Å². The molecular weight excluding hydrogens is 310 g/mol. The molecule has 1 aromatic rings. The molecule has 1 amide bonds. The predicted octanol–water partition coefficient (Wildman–Crippen LogP) is 3.37. The van der Waals surface area contributed by atoms with E-state index in [0.29, 0.717) is 24.3 Å². The quantitative estimate of drug-likeness (QED) is 0.474. The molecular formula is C14H18BrNO3. The minimum atomic E-state index is -0.349. The average Bonchev–Trinajstić information content (AvgIpc) is 2.40. The van der Waals surface area contributed by atoms with Crippen molar-refractivity contribution in [3.63, 3.8) is 0 Å². The highest BCUT2D eigenvalue weighted by molar-refractivity contribution is 9.09. The molecule has 0 aliphatic heterocycles. The second-order valence-electron chi connectivity index (χ2n) is 3.99. The number of benzene rings is 1. The van der Waals surface area contributed by atoms with Gasteiger partial charge in [-0.25, -0.2) is 4.79 Å². The zero-order chi connectivity index (χ0) is 14.1. The molecule has 0 bridgehead atoms. The van der Waals surface area contributed by atoms with Crippen LogP contribution in [0.3, 0.4) is 0 Å². The molecule has 0 heterocycles. The second kappa shape index (κ2) is 8.69. The normalized spacial score (nSPS) is 10.0.